The third-order valence-corrected chi connectivity index (χ3v) is 6.39. The molecule has 2 heterocycles. The highest BCUT2D eigenvalue weighted by Gasteiger charge is 2.20. The molecule has 4 rings (SSSR count). The van der Waals surface area contributed by atoms with E-state index >= 15 is 0 Å². The minimum Gasteiger partial charge on any atom is -0.396 e. The summed E-state index contributed by atoms with van der Waals surface area (Å²) >= 11 is 0. The molecule has 0 spiro atoms. The summed E-state index contributed by atoms with van der Waals surface area (Å²) in [5.41, 5.74) is 11.9. The first-order valence-corrected chi connectivity index (χ1v) is 11.2. The van der Waals surface area contributed by atoms with Crippen LogP contribution in [0.2, 0.25) is 0 Å². The zero-order chi connectivity index (χ0) is 22.5. The highest BCUT2D eigenvalue weighted by molar-refractivity contribution is 5.97. The van der Waals surface area contributed by atoms with Gasteiger partial charge in [-0.15, -0.1) is 0 Å². The number of nitrogens with two attached hydrogens (primary N) is 1. The van der Waals surface area contributed by atoms with E-state index in [-0.39, 0.29) is 24.7 Å². The molecule has 0 bridgehead atoms. The first kappa shape index (κ1) is 22.2. The predicted molar refractivity (Wildman–Crippen MR) is 127 cm³/mol. The fourth-order valence-corrected chi connectivity index (χ4v) is 4.46. The lowest BCUT2D eigenvalue weighted by molar-refractivity contribution is 0.0853. The van der Waals surface area contributed by atoms with E-state index in [0.717, 1.165) is 48.3 Å². The van der Waals surface area contributed by atoms with Crippen molar-refractivity contribution in [3.05, 3.63) is 83.0 Å². The van der Waals surface area contributed by atoms with Crippen molar-refractivity contribution in [3.8, 4) is 11.1 Å². The number of nitrogen functional groups attached to an aromatic ring is 1. The Labute approximate surface area is 189 Å². The second kappa shape index (κ2) is 10.1. The molecule has 0 saturated carbocycles. The Morgan fingerprint density at radius 1 is 1.12 bits per heavy atom. The highest BCUT2D eigenvalue weighted by atomic mass is 16.5. The number of aliphatic hydroxyl groups is 1. The molecule has 1 atom stereocenters. The van der Waals surface area contributed by atoms with Gasteiger partial charge in [0.1, 0.15) is 5.82 Å². The molecule has 0 aliphatic carbocycles. The van der Waals surface area contributed by atoms with E-state index in [9.17, 15) is 9.90 Å². The number of aromatic nitrogens is 1. The standard InChI is InChI=1S/C27H30N2O3/c1-18-13-21(26(31)15-23(17-30)19-5-3-2-4-6-19)7-8-24(18)25-14-22(16-29-27(25)28)20-9-11-32-12-10-20/h2-8,13-14,16,20,23,30H,9-12,15,17H2,1H3,(H2,28,29)/t23-/m1/s1. The summed E-state index contributed by atoms with van der Waals surface area (Å²) in [6, 6.07) is 17.5. The number of aliphatic hydroxyl groups excluding tert-OH is 1. The van der Waals surface area contributed by atoms with Crippen molar-refractivity contribution in [2.75, 3.05) is 25.6 Å². The van der Waals surface area contributed by atoms with Gasteiger partial charge in [0.25, 0.3) is 0 Å². The van der Waals surface area contributed by atoms with Gasteiger partial charge in [-0.1, -0.05) is 42.5 Å². The van der Waals surface area contributed by atoms with Crippen LogP contribution in [-0.2, 0) is 4.74 Å². The lowest BCUT2D eigenvalue weighted by Gasteiger charge is -2.23. The largest absolute Gasteiger partial charge is 0.396 e. The molecule has 2 aromatic carbocycles. The van der Waals surface area contributed by atoms with E-state index < -0.39 is 0 Å². The Hall–Kier alpha value is -3.02. The molecule has 1 fully saturated rings. The second-order valence-corrected chi connectivity index (χ2v) is 8.54. The van der Waals surface area contributed by atoms with Crippen LogP contribution in [-0.4, -0.2) is 35.7 Å². The van der Waals surface area contributed by atoms with Crippen LogP contribution in [0, 0.1) is 6.92 Å². The molecule has 5 nitrogen and oxygen atoms in total. The Balaban J connectivity index is 1.56. The molecule has 0 unspecified atom stereocenters. The lowest BCUT2D eigenvalue weighted by atomic mass is 9.89. The van der Waals surface area contributed by atoms with Crippen molar-refractivity contribution >= 4 is 11.6 Å². The number of ketones is 1. The Bertz CT molecular complexity index is 1080. The fraction of sp³-hybridized carbons (Fsp3) is 0.333. The molecule has 1 aliphatic heterocycles. The first-order chi connectivity index (χ1) is 15.6. The Morgan fingerprint density at radius 3 is 2.56 bits per heavy atom. The van der Waals surface area contributed by atoms with Crippen LogP contribution >= 0.6 is 0 Å². The zero-order valence-corrected chi connectivity index (χ0v) is 18.5. The maximum Gasteiger partial charge on any atom is 0.163 e. The first-order valence-electron chi connectivity index (χ1n) is 11.2. The van der Waals surface area contributed by atoms with E-state index in [1.54, 1.807) is 0 Å². The van der Waals surface area contributed by atoms with Crippen LogP contribution in [0.25, 0.3) is 11.1 Å². The van der Waals surface area contributed by atoms with E-state index in [1.807, 2.05) is 61.7 Å². The maximum absolute atomic E-state index is 13.0. The molecule has 0 amide bonds. The number of hydrogen-bond acceptors (Lipinski definition) is 5. The third kappa shape index (κ3) is 4.90. The second-order valence-electron chi connectivity index (χ2n) is 8.54. The normalized spacial score (nSPS) is 15.4. The third-order valence-electron chi connectivity index (χ3n) is 6.39. The van der Waals surface area contributed by atoms with Crippen molar-refractivity contribution in [2.45, 2.75) is 38.0 Å². The molecular weight excluding hydrogens is 400 g/mol. The smallest absolute Gasteiger partial charge is 0.163 e. The molecule has 32 heavy (non-hydrogen) atoms. The summed E-state index contributed by atoms with van der Waals surface area (Å²) in [5.74, 6) is 0.738. The Morgan fingerprint density at radius 2 is 1.88 bits per heavy atom. The van der Waals surface area contributed by atoms with Gasteiger partial charge in [0.05, 0.1) is 6.61 Å². The molecule has 3 aromatic rings. The monoisotopic (exact) mass is 430 g/mol. The molecule has 5 heteroatoms. The number of aryl methyl sites for hydroxylation is 1. The molecule has 3 N–H and O–H groups in total. The summed E-state index contributed by atoms with van der Waals surface area (Å²) in [6.45, 7) is 3.48. The lowest BCUT2D eigenvalue weighted by Crippen LogP contribution is -2.14. The number of rotatable bonds is 7. The average molecular weight is 431 g/mol. The van der Waals surface area contributed by atoms with Crippen molar-refractivity contribution in [1.29, 1.82) is 0 Å². The van der Waals surface area contributed by atoms with Gasteiger partial charge in [-0.25, -0.2) is 4.98 Å². The average Bonchev–Trinajstić information content (AvgIpc) is 2.84. The van der Waals surface area contributed by atoms with Crippen molar-refractivity contribution < 1.29 is 14.6 Å². The number of Topliss-reactive ketones (excluding diaryl/α,β-unsaturated/α-hetero) is 1. The van der Waals surface area contributed by atoms with Crippen LogP contribution in [0.5, 0.6) is 0 Å². The van der Waals surface area contributed by atoms with Gasteiger partial charge >= 0.3 is 0 Å². The minimum atomic E-state index is -0.209. The number of carbonyl (C=O) groups excluding carboxylic acids is 1. The SMILES string of the molecule is Cc1cc(C(=O)C[C@H](CO)c2ccccc2)ccc1-c1cc(C2CCOCC2)cnc1N. The highest BCUT2D eigenvalue weighted by Crippen LogP contribution is 2.34. The van der Waals surface area contributed by atoms with Crippen LogP contribution in [0.4, 0.5) is 5.82 Å². The van der Waals surface area contributed by atoms with Crippen molar-refractivity contribution in [3.63, 3.8) is 0 Å². The van der Waals surface area contributed by atoms with Crippen LogP contribution in [0.15, 0.2) is 60.8 Å². The maximum atomic E-state index is 13.0. The topological polar surface area (TPSA) is 85.4 Å². The summed E-state index contributed by atoms with van der Waals surface area (Å²) in [4.78, 5) is 17.4. The molecular formula is C27H30N2O3. The molecule has 1 aliphatic rings. The fourth-order valence-electron chi connectivity index (χ4n) is 4.46. The van der Waals surface area contributed by atoms with Gasteiger partial charge in [-0.05, 0) is 60.1 Å². The van der Waals surface area contributed by atoms with E-state index in [4.69, 9.17) is 10.5 Å². The van der Waals surface area contributed by atoms with Crippen LogP contribution < -0.4 is 5.73 Å². The van der Waals surface area contributed by atoms with Crippen molar-refractivity contribution in [1.82, 2.24) is 4.98 Å². The molecule has 166 valence electrons. The zero-order valence-electron chi connectivity index (χ0n) is 18.5. The molecule has 1 aromatic heterocycles. The van der Waals surface area contributed by atoms with Crippen LogP contribution in [0.1, 0.15) is 58.1 Å². The van der Waals surface area contributed by atoms with E-state index in [2.05, 4.69) is 11.1 Å². The van der Waals surface area contributed by atoms with E-state index in [0.29, 0.717) is 17.3 Å². The number of carbonyl (C=O) groups is 1. The number of hydrogen-bond donors (Lipinski definition) is 2. The summed E-state index contributed by atoms with van der Waals surface area (Å²) in [7, 11) is 0. The number of anilines is 1. The quantitative estimate of drug-likeness (QED) is 0.522. The van der Waals surface area contributed by atoms with Gasteiger partial charge in [-0.3, -0.25) is 4.79 Å². The molecule has 1 saturated heterocycles. The molecule has 0 radical (unpaired) electrons. The minimum absolute atomic E-state index is 0.0182. The van der Waals surface area contributed by atoms with Gasteiger partial charge in [0.15, 0.2) is 5.78 Å². The van der Waals surface area contributed by atoms with Gasteiger partial charge in [0, 0.05) is 42.9 Å². The van der Waals surface area contributed by atoms with Gasteiger partial charge in [0.2, 0.25) is 0 Å². The van der Waals surface area contributed by atoms with Gasteiger partial charge in [-0.2, -0.15) is 0 Å². The Kier molecular flexibility index (Phi) is 6.98. The predicted octanol–water partition coefficient (Wildman–Crippen LogP) is 4.88. The summed E-state index contributed by atoms with van der Waals surface area (Å²) < 4.78 is 5.49. The van der Waals surface area contributed by atoms with E-state index in [1.165, 1.54) is 5.56 Å². The van der Waals surface area contributed by atoms with Crippen LogP contribution in [0.3, 0.4) is 0 Å². The van der Waals surface area contributed by atoms with Gasteiger partial charge < -0.3 is 15.6 Å². The number of ether oxygens (including phenoxy) is 1. The van der Waals surface area contributed by atoms with Crippen molar-refractivity contribution in [2.24, 2.45) is 0 Å². The number of benzene rings is 2. The number of pyridine rings is 1. The summed E-state index contributed by atoms with van der Waals surface area (Å²) in [5, 5.41) is 9.81. The number of nitrogens with zero attached hydrogens (tertiary/aromatic N) is 1. The summed E-state index contributed by atoms with van der Waals surface area (Å²) in [6.07, 6.45) is 4.12.